The number of nitrogens with one attached hydrogen (secondary N) is 2. The molecule has 2 aromatic heterocycles. The summed E-state index contributed by atoms with van der Waals surface area (Å²) < 4.78 is 10.9. The van der Waals surface area contributed by atoms with Crippen molar-refractivity contribution < 1.29 is 14.3 Å². The van der Waals surface area contributed by atoms with E-state index in [-0.39, 0.29) is 6.03 Å². The minimum absolute atomic E-state index is 0.303. The largest absolute Gasteiger partial charge is 0.493 e. The number of para-hydroxylation sites is 1. The topological polar surface area (TPSA) is 98.3 Å². The summed E-state index contributed by atoms with van der Waals surface area (Å²) in [6.07, 6.45) is 3.54. The molecule has 2 N–H and O–H groups in total. The number of rotatable bonds is 9. The van der Waals surface area contributed by atoms with E-state index in [1.54, 1.807) is 32.5 Å². The first-order valence-electron chi connectivity index (χ1n) is 11.5. The number of carbonyl (C=O) groups excluding carboxylic acids is 1. The highest BCUT2D eigenvalue weighted by atomic mass is 16.5. The summed E-state index contributed by atoms with van der Waals surface area (Å²) in [5, 5.41) is 5.67. The molecule has 35 heavy (non-hydrogen) atoms. The Labute approximate surface area is 204 Å². The number of ether oxygens (including phenoxy) is 2. The zero-order chi connectivity index (χ0) is 24.6. The van der Waals surface area contributed by atoms with Gasteiger partial charge in [-0.05, 0) is 48.6 Å². The lowest BCUT2D eigenvalue weighted by molar-refractivity contribution is 0.251. The summed E-state index contributed by atoms with van der Waals surface area (Å²) in [5.74, 6) is 2.01. The molecule has 1 atom stereocenters. The fourth-order valence-electron chi connectivity index (χ4n) is 3.90. The van der Waals surface area contributed by atoms with Crippen LogP contribution in [0.25, 0.3) is 22.4 Å². The number of anilines is 1. The highest BCUT2D eigenvalue weighted by Crippen LogP contribution is 2.37. The quantitative estimate of drug-likeness (QED) is 0.317. The Kier molecular flexibility index (Phi) is 7.72. The van der Waals surface area contributed by atoms with Gasteiger partial charge >= 0.3 is 6.03 Å². The zero-order valence-corrected chi connectivity index (χ0v) is 20.1. The normalized spacial score (nSPS) is 11.6. The van der Waals surface area contributed by atoms with Gasteiger partial charge in [-0.3, -0.25) is 10.3 Å². The Hall–Kier alpha value is -4.20. The number of amides is 2. The zero-order valence-electron chi connectivity index (χ0n) is 20.1. The second kappa shape index (κ2) is 11.3. The summed E-state index contributed by atoms with van der Waals surface area (Å²) in [6.45, 7) is 2.78. The van der Waals surface area contributed by atoms with Gasteiger partial charge in [-0.1, -0.05) is 43.3 Å². The minimum Gasteiger partial charge on any atom is -0.493 e. The number of nitrogens with zero attached hydrogens (tertiary/aromatic N) is 3. The molecule has 0 aliphatic heterocycles. The molecule has 8 heteroatoms. The monoisotopic (exact) mass is 471 g/mol. The van der Waals surface area contributed by atoms with Crippen molar-refractivity contribution in [2.45, 2.75) is 25.7 Å². The predicted octanol–water partition coefficient (Wildman–Crippen LogP) is 5.41. The van der Waals surface area contributed by atoms with Crippen molar-refractivity contribution in [3.05, 3.63) is 72.4 Å². The van der Waals surface area contributed by atoms with Crippen molar-refractivity contribution in [2.24, 2.45) is 0 Å². The van der Waals surface area contributed by atoms with Crippen LogP contribution in [0.4, 0.5) is 10.6 Å². The summed E-state index contributed by atoms with van der Waals surface area (Å²) in [6, 6.07) is 19.1. The molecule has 180 valence electrons. The van der Waals surface area contributed by atoms with Gasteiger partial charge in [-0.15, -0.1) is 0 Å². The van der Waals surface area contributed by atoms with Crippen LogP contribution in [-0.2, 0) is 0 Å². The van der Waals surface area contributed by atoms with Gasteiger partial charge in [0.05, 0.1) is 26.1 Å². The number of hydrogen-bond donors (Lipinski definition) is 2. The van der Waals surface area contributed by atoms with Crippen molar-refractivity contribution >= 4 is 23.0 Å². The average Bonchev–Trinajstić information content (AvgIpc) is 2.90. The minimum atomic E-state index is -0.303. The second-order valence-electron chi connectivity index (χ2n) is 8.17. The van der Waals surface area contributed by atoms with Crippen molar-refractivity contribution in [1.82, 2.24) is 20.3 Å². The van der Waals surface area contributed by atoms with Gasteiger partial charge in [0.2, 0.25) is 0 Å². The number of aromatic nitrogens is 3. The van der Waals surface area contributed by atoms with Crippen molar-refractivity contribution in [3.8, 4) is 22.8 Å². The maximum atomic E-state index is 12.4. The lowest BCUT2D eigenvalue weighted by atomic mass is 9.96. The van der Waals surface area contributed by atoms with Gasteiger partial charge in [0.25, 0.3) is 0 Å². The van der Waals surface area contributed by atoms with Crippen LogP contribution < -0.4 is 20.1 Å². The van der Waals surface area contributed by atoms with Crippen molar-refractivity contribution in [1.29, 1.82) is 0 Å². The molecule has 2 amide bonds. The van der Waals surface area contributed by atoms with E-state index >= 15 is 0 Å². The molecule has 0 saturated carbocycles. The molecule has 0 bridgehead atoms. The molecule has 0 radical (unpaired) electrons. The van der Waals surface area contributed by atoms with E-state index in [9.17, 15) is 4.79 Å². The molecule has 2 heterocycles. The van der Waals surface area contributed by atoms with Crippen LogP contribution in [-0.4, -0.2) is 41.7 Å². The van der Waals surface area contributed by atoms with Gasteiger partial charge < -0.3 is 14.8 Å². The van der Waals surface area contributed by atoms with Crippen LogP contribution >= 0.6 is 0 Å². The first kappa shape index (κ1) is 23.9. The molecule has 4 rings (SSSR count). The molecular weight excluding hydrogens is 442 g/mol. The number of pyridine rings is 1. The van der Waals surface area contributed by atoms with E-state index in [0.717, 1.165) is 18.4 Å². The molecule has 8 nitrogen and oxygen atoms in total. The van der Waals surface area contributed by atoms with Crippen LogP contribution in [0.1, 0.15) is 31.2 Å². The number of fused-ring (bicyclic) bond motifs is 1. The van der Waals surface area contributed by atoms with E-state index < -0.39 is 0 Å². The summed E-state index contributed by atoms with van der Waals surface area (Å²) in [4.78, 5) is 26.0. The fourth-order valence-corrected chi connectivity index (χ4v) is 3.90. The maximum Gasteiger partial charge on any atom is 0.320 e. The molecule has 4 aromatic rings. The average molecular weight is 472 g/mol. The molecule has 0 aliphatic rings. The SMILES string of the molecule is COc1cccc(-c2cnc3ccc(NC(=O)NCCC[C@@H](C)c4ccccc4)nc3n2)c1OC. The van der Waals surface area contributed by atoms with Gasteiger partial charge in [0.15, 0.2) is 17.1 Å². The summed E-state index contributed by atoms with van der Waals surface area (Å²) in [5.41, 5.74) is 3.68. The Balaban J connectivity index is 1.39. The third-order valence-corrected chi connectivity index (χ3v) is 5.80. The maximum absolute atomic E-state index is 12.4. The number of hydrogen-bond acceptors (Lipinski definition) is 6. The van der Waals surface area contributed by atoms with E-state index in [0.29, 0.717) is 46.6 Å². The van der Waals surface area contributed by atoms with E-state index in [1.165, 1.54) is 5.56 Å². The molecular formula is C27H29N5O3. The first-order chi connectivity index (χ1) is 17.1. The third kappa shape index (κ3) is 5.84. The van der Waals surface area contributed by atoms with Gasteiger partial charge in [-0.2, -0.15) is 0 Å². The Bertz CT molecular complexity index is 1300. The smallest absolute Gasteiger partial charge is 0.320 e. The summed E-state index contributed by atoms with van der Waals surface area (Å²) in [7, 11) is 3.17. The van der Waals surface area contributed by atoms with Gasteiger partial charge in [0.1, 0.15) is 11.3 Å². The van der Waals surface area contributed by atoms with Crippen molar-refractivity contribution in [2.75, 3.05) is 26.1 Å². The standard InChI is InChI=1S/C27H29N5O3/c1-18(19-10-5-4-6-11-19)9-8-16-28-27(33)32-24-15-14-21-26(31-24)30-22(17-29-21)20-12-7-13-23(34-2)25(20)35-3/h4-7,10-15,17-18H,8-9,16H2,1-3H3,(H2,28,30,31,32,33)/t18-/m1/s1. The van der Waals surface area contributed by atoms with Crippen LogP contribution in [0.2, 0.25) is 0 Å². The molecule has 0 saturated heterocycles. The fraction of sp³-hybridized carbons (Fsp3) is 0.259. The molecule has 0 fully saturated rings. The van der Waals surface area contributed by atoms with Crippen LogP contribution in [0.15, 0.2) is 66.9 Å². The number of carbonyl (C=O) groups is 1. The van der Waals surface area contributed by atoms with E-state index in [1.807, 2.05) is 24.3 Å². The molecule has 2 aromatic carbocycles. The van der Waals surface area contributed by atoms with Gasteiger partial charge in [-0.25, -0.2) is 14.8 Å². The molecule has 0 aliphatic carbocycles. The Morgan fingerprint density at radius 2 is 1.80 bits per heavy atom. The second-order valence-corrected chi connectivity index (χ2v) is 8.17. The van der Waals surface area contributed by atoms with Crippen LogP contribution in [0.5, 0.6) is 11.5 Å². The highest BCUT2D eigenvalue weighted by molar-refractivity contribution is 5.89. The van der Waals surface area contributed by atoms with Crippen molar-refractivity contribution in [3.63, 3.8) is 0 Å². The number of urea groups is 1. The lowest BCUT2D eigenvalue weighted by Crippen LogP contribution is -2.30. The Morgan fingerprint density at radius 3 is 2.57 bits per heavy atom. The highest BCUT2D eigenvalue weighted by Gasteiger charge is 2.14. The summed E-state index contributed by atoms with van der Waals surface area (Å²) >= 11 is 0. The van der Waals surface area contributed by atoms with Crippen LogP contribution in [0, 0.1) is 0 Å². The molecule has 0 unspecified atom stereocenters. The lowest BCUT2D eigenvalue weighted by Gasteiger charge is -2.13. The Morgan fingerprint density at radius 1 is 0.971 bits per heavy atom. The predicted molar refractivity (Wildman–Crippen MR) is 137 cm³/mol. The number of methoxy groups -OCH3 is 2. The number of benzene rings is 2. The van der Waals surface area contributed by atoms with Crippen LogP contribution in [0.3, 0.4) is 0 Å². The third-order valence-electron chi connectivity index (χ3n) is 5.80. The van der Waals surface area contributed by atoms with E-state index in [2.05, 4.69) is 56.8 Å². The molecule has 0 spiro atoms. The first-order valence-corrected chi connectivity index (χ1v) is 11.5. The van der Waals surface area contributed by atoms with E-state index in [4.69, 9.17) is 9.47 Å². The van der Waals surface area contributed by atoms with Gasteiger partial charge in [0, 0.05) is 12.1 Å².